The number of aromatic nitrogens is 2. The first-order chi connectivity index (χ1) is 17.2. The number of amides is 2. The summed E-state index contributed by atoms with van der Waals surface area (Å²) in [4.78, 5) is 28.2. The number of urea groups is 1. The molecule has 0 fully saturated rings. The van der Waals surface area contributed by atoms with Gasteiger partial charge in [-0.3, -0.25) is 4.57 Å². The highest BCUT2D eigenvalue weighted by Gasteiger charge is 2.23. The van der Waals surface area contributed by atoms with Crippen molar-refractivity contribution >= 4 is 34.0 Å². The molecule has 36 heavy (non-hydrogen) atoms. The molecule has 2 amide bonds. The molecule has 1 heterocycles. The van der Waals surface area contributed by atoms with Crippen molar-refractivity contribution in [3.05, 3.63) is 59.9 Å². The van der Waals surface area contributed by atoms with E-state index in [2.05, 4.69) is 10.3 Å². The number of ether oxygens (including phenoxy) is 2. The van der Waals surface area contributed by atoms with Crippen LogP contribution in [0.25, 0.3) is 11.1 Å². The molecule has 10 nitrogen and oxygen atoms in total. The number of imidazole rings is 1. The Balaban J connectivity index is 1.93. The van der Waals surface area contributed by atoms with Crippen LogP contribution in [0.5, 0.6) is 5.88 Å². The Labute approximate surface area is 214 Å². The minimum Gasteiger partial charge on any atom is -0.434 e. The Morgan fingerprint density at radius 2 is 1.78 bits per heavy atom. The van der Waals surface area contributed by atoms with Crippen LogP contribution in [0.3, 0.4) is 0 Å². The molecule has 12 heteroatoms. The van der Waals surface area contributed by atoms with E-state index in [1.807, 2.05) is 34.6 Å². The van der Waals surface area contributed by atoms with Crippen molar-refractivity contribution in [2.24, 2.45) is 0 Å². The smallest absolute Gasteiger partial charge is 0.434 e. The van der Waals surface area contributed by atoms with E-state index < -0.39 is 22.2 Å². The number of nitrogens with one attached hydrogen (secondary N) is 2. The second kappa shape index (κ2) is 12.0. The van der Waals surface area contributed by atoms with Crippen molar-refractivity contribution in [3.8, 4) is 17.0 Å². The zero-order valence-corrected chi connectivity index (χ0v) is 22.0. The summed E-state index contributed by atoms with van der Waals surface area (Å²) in [6.07, 6.45) is 1.68. The largest absolute Gasteiger partial charge is 0.515 e. The lowest BCUT2D eigenvalue weighted by molar-refractivity contribution is 0.0998. The molecule has 0 atom stereocenters. The molecule has 0 unspecified atom stereocenters. The van der Waals surface area contributed by atoms with E-state index in [9.17, 15) is 18.0 Å². The van der Waals surface area contributed by atoms with Crippen LogP contribution in [0, 0.1) is 0 Å². The van der Waals surface area contributed by atoms with Gasteiger partial charge in [0.1, 0.15) is 5.82 Å². The lowest BCUT2D eigenvalue weighted by Crippen LogP contribution is -2.37. The van der Waals surface area contributed by atoms with Crippen LogP contribution in [-0.2, 0) is 27.7 Å². The highest BCUT2D eigenvalue weighted by molar-refractivity contribution is 7.98. The van der Waals surface area contributed by atoms with Crippen molar-refractivity contribution in [2.45, 2.75) is 36.7 Å². The van der Waals surface area contributed by atoms with Crippen LogP contribution in [-0.4, -0.2) is 50.1 Å². The Hall–Kier alpha value is -3.51. The molecule has 0 spiro atoms. The number of hydrogen-bond donors (Lipinski definition) is 2. The summed E-state index contributed by atoms with van der Waals surface area (Å²) in [5, 5.41) is 2.82. The predicted molar refractivity (Wildman–Crippen MR) is 137 cm³/mol. The van der Waals surface area contributed by atoms with Gasteiger partial charge in [0.05, 0.1) is 18.0 Å². The Kier molecular flexibility index (Phi) is 8.99. The van der Waals surface area contributed by atoms with E-state index in [0.717, 1.165) is 11.4 Å². The zero-order valence-electron chi connectivity index (χ0n) is 20.4. The maximum absolute atomic E-state index is 12.7. The third kappa shape index (κ3) is 6.18. The monoisotopic (exact) mass is 532 g/mol. The number of carbonyl (C=O) groups excluding carboxylic acids is 2. The molecule has 0 aliphatic rings. The van der Waals surface area contributed by atoms with Crippen molar-refractivity contribution in [1.82, 2.24) is 19.6 Å². The number of rotatable bonds is 9. The second-order valence-electron chi connectivity index (χ2n) is 7.44. The predicted octanol–water partition coefficient (Wildman–Crippen LogP) is 4.04. The van der Waals surface area contributed by atoms with Crippen molar-refractivity contribution < 1.29 is 27.5 Å². The Morgan fingerprint density at radius 3 is 2.39 bits per heavy atom. The number of hydrogen-bond acceptors (Lipinski definition) is 8. The second-order valence-corrected chi connectivity index (χ2v) is 9.89. The number of carbonyl (C=O) groups is 2. The first-order valence-corrected chi connectivity index (χ1v) is 13.9. The quantitative estimate of drug-likeness (QED) is 0.312. The van der Waals surface area contributed by atoms with Crippen molar-refractivity contribution in [1.29, 1.82) is 0 Å². The van der Waals surface area contributed by atoms with Crippen LogP contribution in [0.15, 0.2) is 58.5 Å². The van der Waals surface area contributed by atoms with E-state index >= 15 is 0 Å². The third-order valence-electron chi connectivity index (χ3n) is 5.16. The summed E-state index contributed by atoms with van der Waals surface area (Å²) >= 11 is 1.37. The topological polar surface area (TPSA) is 129 Å². The molecule has 2 aromatic carbocycles. The molecule has 3 aromatic rings. The lowest BCUT2D eigenvalue weighted by atomic mass is 10.0. The number of aryl methyl sites for hydroxylation is 1. The van der Waals surface area contributed by atoms with E-state index in [1.165, 1.54) is 24.9 Å². The molecule has 2 N–H and O–H groups in total. The first kappa shape index (κ1) is 27.1. The average molecular weight is 533 g/mol. The summed E-state index contributed by atoms with van der Waals surface area (Å²) in [7, 11) is -2.74. The van der Waals surface area contributed by atoms with Crippen LogP contribution < -0.4 is 14.8 Å². The van der Waals surface area contributed by atoms with Crippen LogP contribution in [0.2, 0.25) is 0 Å². The molecule has 3 rings (SSSR count). The van der Waals surface area contributed by atoms with Crippen molar-refractivity contribution in [2.75, 3.05) is 19.9 Å². The molecular weight excluding hydrogens is 504 g/mol. The van der Waals surface area contributed by atoms with Gasteiger partial charge in [0.2, 0.25) is 5.88 Å². The zero-order chi connectivity index (χ0) is 26.3. The van der Waals surface area contributed by atoms with Crippen LogP contribution in [0.1, 0.15) is 25.2 Å². The maximum Gasteiger partial charge on any atom is 0.515 e. The van der Waals surface area contributed by atoms with Gasteiger partial charge in [0, 0.05) is 19.0 Å². The summed E-state index contributed by atoms with van der Waals surface area (Å²) < 4.78 is 39.7. The van der Waals surface area contributed by atoms with E-state index in [1.54, 1.807) is 37.3 Å². The normalized spacial score (nSPS) is 11.1. The Morgan fingerprint density at radius 1 is 1.08 bits per heavy atom. The SMILES string of the molecule is CCOC(=O)Oc1c(SC)nc(CC)n1Cc1ccc(-c2ccccc2S(=O)(=O)NC(=O)NC)cc1. The average Bonchev–Trinajstić information content (AvgIpc) is 3.20. The molecular formula is C24H28N4O6S2. The Bertz CT molecular complexity index is 1340. The summed E-state index contributed by atoms with van der Waals surface area (Å²) in [6.45, 7) is 4.24. The highest BCUT2D eigenvalue weighted by Crippen LogP contribution is 2.31. The van der Waals surface area contributed by atoms with Gasteiger partial charge in [-0.05, 0) is 30.4 Å². The molecule has 0 saturated heterocycles. The molecule has 0 radical (unpaired) electrons. The van der Waals surface area contributed by atoms with Crippen LogP contribution >= 0.6 is 11.8 Å². The maximum atomic E-state index is 12.7. The first-order valence-electron chi connectivity index (χ1n) is 11.1. The third-order valence-corrected chi connectivity index (χ3v) is 7.20. The fourth-order valence-corrected chi connectivity index (χ4v) is 5.20. The molecule has 0 aliphatic heterocycles. The standard InChI is InChI=1S/C24H28N4O6S2/c1-5-20-26-21(35-4)22(34-24(30)33-6-2)28(20)15-16-11-13-17(14-12-16)18-9-7-8-10-19(18)36(31,32)27-23(29)25-3/h7-14H,5-6,15H2,1-4H3,(H2,25,27,29). The fraction of sp³-hybridized carbons (Fsp3) is 0.292. The molecule has 0 bridgehead atoms. The number of sulfonamides is 1. The molecule has 0 aliphatic carbocycles. The van der Waals surface area contributed by atoms with Gasteiger partial charge in [-0.25, -0.2) is 27.7 Å². The number of nitrogens with zero attached hydrogens (tertiary/aromatic N) is 2. The summed E-state index contributed by atoms with van der Waals surface area (Å²) in [5.74, 6) is 1.07. The number of thioether (sulfide) groups is 1. The van der Waals surface area contributed by atoms with Gasteiger partial charge in [0.25, 0.3) is 10.0 Å². The lowest BCUT2D eigenvalue weighted by Gasteiger charge is -2.14. The minimum atomic E-state index is -4.08. The van der Waals surface area contributed by atoms with Gasteiger partial charge in [-0.1, -0.05) is 49.4 Å². The molecule has 0 saturated carbocycles. The highest BCUT2D eigenvalue weighted by atomic mass is 32.2. The van der Waals surface area contributed by atoms with Crippen molar-refractivity contribution in [3.63, 3.8) is 0 Å². The van der Waals surface area contributed by atoms with Gasteiger partial charge in [-0.2, -0.15) is 0 Å². The van der Waals surface area contributed by atoms with Gasteiger partial charge in [0.15, 0.2) is 5.03 Å². The van der Waals surface area contributed by atoms with E-state index in [4.69, 9.17) is 9.47 Å². The van der Waals surface area contributed by atoms with E-state index in [0.29, 0.717) is 35.0 Å². The summed E-state index contributed by atoms with van der Waals surface area (Å²) in [5.41, 5.74) is 2.00. The number of benzene rings is 2. The van der Waals surface area contributed by atoms with Crippen LogP contribution in [0.4, 0.5) is 9.59 Å². The fourth-order valence-electron chi connectivity index (χ4n) is 3.49. The van der Waals surface area contributed by atoms with Gasteiger partial charge in [-0.15, -0.1) is 11.8 Å². The minimum absolute atomic E-state index is 0.0148. The van der Waals surface area contributed by atoms with Gasteiger partial charge < -0.3 is 14.8 Å². The van der Waals surface area contributed by atoms with E-state index in [-0.39, 0.29) is 11.5 Å². The molecule has 192 valence electrons. The van der Waals surface area contributed by atoms with Gasteiger partial charge >= 0.3 is 12.2 Å². The molecule has 1 aromatic heterocycles. The summed E-state index contributed by atoms with van der Waals surface area (Å²) in [6, 6.07) is 12.9.